The van der Waals surface area contributed by atoms with Crippen LogP contribution in [0.5, 0.6) is 0 Å². The van der Waals surface area contributed by atoms with Gasteiger partial charge in [-0.1, -0.05) is 79.3 Å². The maximum absolute atomic E-state index is 13.2. The smallest absolute Gasteiger partial charge is 0.327 e. The van der Waals surface area contributed by atoms with Gasteiger partial charge >= 0.3 is 5.97 Å². The van der Waals surface area contributed by atoms with E-state index in [-0.39, 0.29) is 16.8 Å². The molecule has 3 rings (SSSR count). The molecule has 156 valence electrons. The first-order chi connectivity index (χ1) is 14.4. The summed E-state index contributed by atoms with van der Waals surface area (Å²) in [5, 5.41) is 8.13. The number of rotatable bonds is 7. The SMILES string of the molecule is C[C@@H](C(=O)N1CSC[C@H]1C(=O)O)C(SC(=O)c1ccccc1)C(=O)c1ccccc1. The van der Waals surface area contributed by atoms with E-state index in [0.717, 1.165) is 11.8 Å². The van der Waals surface area contributed by atoms with E-state index in [1.807, 2.05) is 0 Å². The van der Waals surface area contributed by atoms with Gasteiger partial charge in [0, 0.05) is 16.9 Å². The van der Waals surface area contributed by atoms with Crippen LogP contribution in [0, 0.1) is 5.92 Å². The second kappa shape index (κ2) is 9.95. The number of carbonyl (C=O) groups is 4. The van der Waals surface area contributed by atoms with Crippen molar-refractivity contribution in [3.8, 4) is 0 Å². The Morgan fingerprint density at radius 2 is 1.57 bits per heavy atom. The number of hydrogen-bond donors (Lipinski definition) is 1. The molecule has 0 aliphatic carbocycles. The zero-order chi connectivity index (χ0) is 21.7. The number of carboxylic acid groups (broad SMARTS) is 1. The van der Waals surface area contributed by atoms with Crippen LogP contribution in [-0.4, -0.2) is 55.7 Å². The van der Waals surface area contributed by atoms with Gasteiger partial charge in [0.25, 0.3) is 0 Å². The summed E-state index contributed by atoms with van der Waals surface area (Å²) in [6, 6.07) is 16.1. The first-order valence-corrected chi connectivity index (χ1v) is 11.4. The molecule has 0 aromatic heterocycles. The molecule has 30 heavy (non-hydrogen) atoms. The molecule has 1 amide bonds. The average molecular weight is 444 g/mol. The number of amides is 1. The van der Waals surface area contributed by atoms with Crippen molar-refractivity contribution in [3.05, 3.63) is 71.8 Å². The third kappa shape index (κ3) is 4.94. The van der Waals surface area contributed by atoms with Crippen LogP contribution in [0.25, 0.3) is 0 Å². The first-order valence-electron chi connectivity index (χ1n) is 9.36. The zero-order valence-corrected chi connectivity index (χ0v) is 17.9. The number of carbonyl (C=O) groups excluding carboxylic acids is 3. The van der Waals surface area contributed by atoms with E-state index >= 15 is 0 Å². The summed E-state index contributed by atoms with van der Waals surface area (Å²) in [6.07, 6.45) is 0. The molecule has 1 saturated heterocycles. The van der Waals surface area contributed by atoms with E-state index in [1.165, 1.54) is 16.7 Å². The molecule has 0 radical (unpaired) electrons. The normalized spacial score (nSPS) is 17.9. The van der Waals surface area contributed by atoms with Crippen LogP contribution < -0.4 is 0 Å². The van der Waals surface area contributed by atoms with E-state index in [4.69, 9.17) is 0 Å². The van der Waals surface area contributed by atoms with Crippen molar-refractivity contribution < 1.29 is 24.3 Å². The summed E-state index contributed by atoms with van der Waals surface area (Å²) in [5.41, 5.74) is 0.842. The van der Waals surface area contributed by atoms with Gasteiger partial charge in [-0.25, -0.2) is 4.79 Å². The molecule has 0 bridgehead atoms. The van der Waals surface area contributed by atoms with Crippen LogP contribution in [0.3, 0.4) is 0 Å². The highest BCUT2D eigenvalue weighted by Crippen LogP contribution is 2.31. The Labute approximate surface area is 183 Å². The van der Waals surface area contributed by atoms with E-state index in [2.05, 4.69) is 0 Å². The topological polar surface area (TPSA) is 91.8 Å². The number of aliphatic carboxylic acids is 1. The molecule has 1 N–H and O–H groups in total. The Morgan fingerprint density at radius 3 is 2.13 bits per heavy atom. The Morgan fingerprint density at radius 1 is 1.00 bits per heavy atom. The van der Waals surface area contributed by atoms with Crippen LogP contribution in [0.4, 0.5) is 0 Å². The van der Waals surface area contributed by atoms with E-state index < -0.39 is 29.1 Å². The lowest BCUT2D eigenvalue weighted by Gasteiger charge is -2.28. The van der Waals surface area contributed by atoms with Crippen LogP contribution in [0.15, 0.2) is 60.7 Å². The van der Waals surface area contributed by atoms with Crippen LogP contribution >= 0.6 is 23.5 Å². The lowest BCUT2D eigenvalue weighted by molar-refractivity contribution is -0.149. The van der Waals surface area contributed by atoms with Gasteiger partial charge in [-0.05, 0) is 0 Å². The minimum atomic E-state index is -1.07. The number of Topliss-reactive ketones (excluding diaryl/α,β-unsaturated/α-hetero) is 1. The third-order valence-electron chi connectivity index (χ3n) is 4.85. The van der Waals surface area contributed by atoms with E-state index in [9.17, 15) is 24.3 Å². The van der Waals surface area contributed by atoms with Crippen molar-refractivity contribution in [3.63, 3.8) is 0 Å². The van der Waals surface area contributed by atoms with Crippen molar-refractivity contribution in [2.24, 2.45) is 5.92 Å². The molecule has 1 unspecified atom stereocenters. The standard InChI is InChI=1S/C22H21NO5S2/c1-14(20(25)23-13-29-12-17(23)21(26)27)19(18(24)15-8-4-2-5-9-15)30-22(28)16-10-6-3-7-11-16/h2-11,14,17,19H,12-13H2,1H3,(H,26,27)/t14-,17+,19?/m1/s1. The number of ketones is 1. The fourth-order valence-electron chi connectivity index (χ4n) is 3.16. The molecular weight excluding hydrogens is 422 g/mol. The van der Waals surface area contributed by atoms with Crippen molar-refractivity contribution in [2.75, 3.05) is 11.6 Å². The zero-order valence-electron chi connectivity index (χ0n) is 16.3. The Kier molecular flexibility index (Phi) is 7.33. The Hall–Kier alpha value is -2.58. The van der Waals surface area contributed by atoms with E-state index in [1.54, 1.807) is 67.6 Å². The molecule has 1 heterocycles. The lowest BCUT2D eigenvalue weighted by atomic mass is 9.97. The van der Waals surface area contributed by atoms with Crippen molar-refractivity contribution in [1.82, 2.24) is 4.90 Å². The van der Waals surface area contributed by atoms with Crippen LogP contribution in [0.2, 0.25) is 0 Å². The number of thioether (sulfide) groups is 2. The van der Waals surface area contributed by atoms with Gasteiger partial charge in [0.15, 0.2) is 5.78 Å². The second-order valence-corrected chi connectivity index (χ2v) is 8.99. The van der Waals surface area contributed by atoms with Crippen LogP contribution in [-0.2, 0) is 9.59 Å². The van der Waals surface area contributed by atoms with Gasteiger partial charge in [0.05, 0.1) is 17.0 Å². The van der Waals surface area contributed by atoms with Crippen molar-refractivity contribution in [1.29, 1.82) is 0 Å². The minimum Gasteiger partial charge on any atom is -0.480 e. The van der Waals surface area contributed by atoms with Gasteiger partial charge in [-0.15, -0.1) is 11.8 Å². The van der Waals surface area contributed by atoms with Gasteiger partial charge in [0.2, 0.25) is 11.0 Å². The summed E-state index contributed by atoms with van der Waals surface area (Å²) in [7, 11) is 0. The number of nitrogens with zero attached hydrogens (tertiary/aromatic N) is 1. The third-order valence-corrected chi connectivity index (χ3v) is 7.19. The highest BCUT2D eigenvalue weighted by Gasteiger charge is 2.41. The summed E-state index contributed by atoms with van der Waals surface area (Å²) in [5.74, 6) is -2.14. The predicted octanol–water partition coefficient (Wildman–Crippen LogP) is 3.43. The maximum Gasteiger partial charge on any atom is 0.327 e. The predicted molar refractivity (Wildman–Crippen MR) is 118 cm³/mol. The van der Waals surface area contributed by atoms with Crippen molar-refractivity contribution >= 4 is 46.3 Å². The Balaban J connectivity index is 1.88. The largest absolute Gasteiger partial charge is 0.480 e. The number of hydrogen-bond acceptors (Lipinski definition) is 6. The monoisotopic (exact) mass is 443 g/mol. The summed E-state index contributed by atoms with van der Waals surface area (Å²) in [6.45, 7) is 1.58. The molecule has 0 spiro atoms. The summed E-state index contributed by atoms with van der Waals surface area (Å²) >= 11 is 2.17. The molecule has 0 saturated carbocycles. The molecule has 1 fully saturated rings. The molecule has 3 atom stereocenters. The average Bonchev–Trinajstić information content (AvgIpc) is 3.27. The molecule has 2 aromatic carbocycles. The number of benzene rings is 2. The fraction of sp³-hybridized carbons (Fsp3) is 0.273. The second-order valence-electron chi connectivity index (χ2n) is 6.87. The van der Waals surface area contributed by atoms with E-state index in [0.29, 0.717) is 16.9 Å². The molecule has 1 aliphatic heterocycles. The summed E-state index contributed by atoms with van der Waals surface area (Å²) in [4.78, 5) is 51.9. The van der Waals surface area contributed by atoms with Crippen molar-refractivity contribution in [2.45, 2.75) is 18.2 Å². The first kappa shape index (κ1) is 22.1. The maximum atomic E-state index is 13.2. The number of carboxylic acids is 1. The quantitative estimate of drug-likeness (QED) is 0.656. The van der Waals surface area contributed by atoms with Gasteiger partial charge in [-0.3, -0.25) is 14.4 Å². The molecule has 1 aliphatic rings. The lowest BCUT2D eigenvalue weighted by Crippen LogP contribution is -2.47. The minimum absolute atomic E-state index is 0.254. The van der Waals surface area contributed by atoms with Gasteiger partial charge in [0.1, 0.15) is 6.04 Å². The van der Waals surface area contributed by atoms with Gasteiger partial charge in [-0.2, -0.15) is 0 Å². The van der Waals surface area contributed by atoms with Gasteiger partial charge < -0.3 is 10.0 Å². The highest BCUT2D eigenvalue weighted by molar-refractivity contribution is 8.15. The molecule has 2 aromatic rings. The summed E-state index contributed by atoms with van der Waals surface area (Å²) < 4.78 is 0. The molecule has 8 heteroatoms. The highest BCUT2D eigenvalue weighted by atomic mass is 32.2. The Bertz CT molecular complexity index is 935. The van der Waals surface area contributed by atoms with Crippen LogP contribution in [0.1, 0.15) is 27.6 Å². The molecular formula is C22H21NO5S2. The molecule has 6 nitrogen and oxygen atoms in total. The fourth-order valence-corrected chi connectivity index (χ4v) is 5.38.